The van der Waals surface area contributed by atoms with Crippen LogP contribution < -0.4 is 0 Å². The number of rotatable bonds is 4. The van der Waals surface area contributed by atoms with Crippen LogP contribution in [0.4, 0.5) is 0 Å². The Morgan fingerprint density at radius 1 is 1.31 bits per heavy atom. The highest BCUT2D eigenvalue weighted by Gasteiger charge is 2.35. The Morgan fingerprint density at radius 3 is 2.31 bits per heavy atom. The highest BCUT2D eigenvalue weighted by atomic mass is 16.7. The molecule has 0 aromatic heterocycles. The van der Waals surface area contributed by atoms with Gasteiger partial charge in [-0.3, -0.25) is 4.79 Å². The van der Waals surface area contributed by atoms with E-state index < -0.39 is 0 Å². The lowest BCUT2D eigenvalue weighted by Crippen LogP contribution is -2.36. The van der Waals surface area contributed by atoms with Gasteiger partial charge in [-0.25, -0.2) is 0 Å². The van der Waals surface area contributed by atoms with Gasteiger partial charge in [-0.05, 0) is 24.3 Å². The Labute approximate surface area is 97.8 Å². The van der Waals surface area contributed by atoms with Gasteiger partial charge in [-0.2, -0.15) is 0 Å². The summed E-state index contributed by atoms with van der Waals surface area (Å²) in [6.45, 7) is 6.15. The zero-order valence-electron chi connectivity index (χ0n) is 10.8. The van der Waals surface area contributed by atoms with Crippen molar-refractivity contribution in [1.82, 2.24) is 0 Å². The third-order valence-electron chi connectivity index (χ3n) is 3.43. The number of hydrogen-bond donors (Lipinski definition) is 0. The largest absolute Gasteiger partial charge is 0.355 e. The number of Topliss-reactive ketones (excluding diaryl/α,β-unsaturated/α-hetero) is 1. The van der Waals surface area contributed by atoms with Crippen LogP contribution in [0.25, 0.3) is 0 Å². The third-order valence-corrected chi connectivity index (χ3v) is 3.43. The van der Waals surface area contributed by atoms with Crippen molar-refractivity contribution in [3.05, 3.63) is 11.6 Å². The first kappa shape index (κ1) is 13.4. The van der Waals surface area contributed by atoms with Gasteiger partial charge in [0.1, 0.15) is 0 Å². The Balaban J connectivity index is 2.95. The molecule has 1 aliphatic carbocycles. The van der Waals surface area contributed by atoms with Crippen molar-refractivity contribution >= 4 is 5.78 Å². The molecule has 0 fully saturated rings. The smallest absolute Gasteiger partial charge is 0.163 e. The summed E-state index contributed by atoms with van der Waals surface area (Å²) in [4.78, 5) is 11.7. The van der Waals surface area contributed by atoms with Crippen molar-refractivity contribution in [2.75, 3.05) is 14.2 Å². The Morgan fingerprint density at radius 2 is 1.88 bits per heavy atom. The van der Waals surface area contributed by atoms with Crippen LogP contribution in [0.1, 0.15) is 27.2 Å². The molecule has 0 aromatic carbocycles. The lowest BCUT2D eigenvalue weighted by Gasteiger charge is -2.35. The van der Waals surface area contributed by atoms with E-state index in [1.165, 1.54) is 0 Å². The quantitative estimate of drug-likeness (QED) is 0.691. The molecule has 3 nitrogen and oxygen atoms in total. The molecule has 0 aromatic rings. The van der Waals surface area contributed by atoms with Gasteiger partial charge in [0.2, 0.25) is 0 Å². The molecule has 0 bridgehead atoms. The van der Waals surface area contributed by atoms with E-state index in [-0.39, 0.29) is 18.0 Å². The second kappa shape index (κ2) is 5.60. The number of ether oxygens (including phenoxy) is 2. The lowest BCUT2D eigenvalue weighted by atomic mass is 9.74. The van der Waals surface area contributed by atoms with Gasteiger partial charge in [0.25, 0.3) is 0 Å². The minimum Gasteiger partial charge on any atom is -0.355 e. The summed E-state index contributed by atoms with van der Waals surface area (Å²) < 4.78 is 10.6. The Kier molecular flexibility index (Phi) is 4.69. The van der Waals surface area contributed by atoms with Gasteiger partial charge in [-0.1, -0.05) is 19.9 Å². The van der Waals surface area contributed by atoms with Gasteiger partial charge >= 0.3 is 0 Å². The summed E-state index contributed by atoms with van der Waals surface area (Å²) >= 11 is 0. The molecular weight excluding hydrogens is 204 g/mol. The van der Waals surface area contributed by atoms with Crippen LogP contribution in [0, 0.1) is 17.8 Å². The van der Waals surface area contributed by atoms with E-state index in [0.29, 0.717) is 18.3 Å². The second-order valence-electron chi connectivity index (χ2n) is 4.80. The number of carbonyl (C=O) groups excluding carboxylic acids is 1. The van der Waals surface area contributed by atoms with E-state index in [0.717, 1.165) is 5.57 Å². The molecule has 0 unspecified atom stereocenters. The topological polar surface area (TPSA) is 35.5 Å². The molecule has 0 radical (unpaired) electrons. The van der Waals surface area contributed by atoms with Crippen molar-refractivity contribution in [3.8, 4) is 0 Å². The molecule has 1 rings (SSSR count). The summed E-state index contributed by atoms with van der Waals surface area (Å²) in [6, 6.07) is 0. The summed E-state index contributed by atoms with van der Waals surface area (Å²) in [5, 5.41) is 0. The Bertz CT molecular complexity index is 277. The summed E-state index contributed by atoms with van der Waals surface area (Å²) in [5.74, 6) is 1.18. The van der Waals surface area contributed by atoms with Crippen LogP contribution in [-0.2, 0) is 14.3 Å². The molecule has 3 heteroatoms. The molecule has 0 aliphatic heterocycles. The first-order valence-corrected chi connectivity index (χ1v) is 5.78. The monoisotopic (exact) mass is 226 g/mol. The fourth-order valence-electron chi connectivity index (χ4n) is 2.39. The highest BCUT2D eigenvalue weighted by molar-refractivity contribution is 5.95. The number of methoxy groups -OCH3 is 2. The van der Waals surface area contributed by atoms with Crippen molar-refractivity contribution < 1.29 is 14.3 Å². The van der Waals surface area contributed by atoms with E-state index in [9.17, 15) is 4.79 Å². The predicted octanol–water partition coefficient (Wildman–Crippen LogP) is 2.41. The zero-order valence-corrected chi connectivity index (χ0v) is 10.8. The average Bonchev–Trinajstić information content (AvgIpc) is 2.24. The van der Waals surface area contributed by atoms with Crippen molar-refractivity contribution in [2.45, 2.75) is 33.5 Å². The molecule has 0 N–H and O–H groups in total. The van der Waals surface area contributed by atoms with Crippen LogP contribution in [-0.4, -0.2) is 26.3 Å². The minimum atomic E-state index is -0.254. The minimum absolute atomic E-state index is 0.174. The van der Waals surface area contributed by atoms with E-state index in [4.69, 9.17) is 9.47 Å². The van der Waals surface area contributed by atoms with Crippen molar-refractivity contribution in [2.24, 2.45) is 17.8 Å². The molecule has 92 valence electrons. The van der Waals surface area contributed by atoms with Crippen LogP contribution in [0.2, 0.25) is 0 Å². The van der Waals surface area contributed by atoms with Crippen molar-refractivity contribution in [3.63, 3.8) is 0 Å². The maximum atomic E-state index is 11.7. The molecule has 1 aliphatic rings. The molecular formula is C13H22O3. The molecule has 0 spiro atoms. The SMILES string of the molecule is COC(OC)[C@H]1C=C(C)C(=O)C[C@@H]1C(C)C. The van der Waals surface area contributed by atoms with Gasteiger partial charge in [0.05, 0.1) is 0 Å². The molecule has 0 saturated carbocycles. The van der Waals surface area contributed by atoms with Crippen LogP contribution >= 0.6 is 0 Å². The summed E-state index contributed by atoms with van der Waals surface area (Å²) in [5.41, 5.74) is 0.834. The predicted molar refractivity (Wildman–Crippen MR) is 63.0 cm³/mol. The summed E-state index contributed by atoms with van der Waals surface area (Å²) in [7, 11) is 3.29. The summed E-state index contributed by atoms with van der Waals surface area (Å²) in [6.07, 6.45) is 2.36. The maximum Gasteiger partial charge on any atom is 0.163 e. The fourth-order valence-corrected chi connectivity index (χ4v) is 2.39. The number of hydrogen-bond acceptors (Lipinski definition) is 3. The van der Waals surface area contributed by atoms with E-state index >= 15 is 0 Å². The molecule has 2 atom stereocenters. The van der Waals surface area contributed by atoms with Crippen molar-refractivity contribution in [1.29, 1.82) is 0 Å². The van der Waals surface area contributed by atoms with E-state index in [1.54, 1.807) is 14.2 Å². The van der Waals surface area contributed by atoms with Crippen LogP contribution in [0.5, 0.6) is 0 Å². The normalized spacial score (nSPS) is 26.4. The van der Waals surface area contributed by atoms with Gasteiger partial charge in [-0.15, -0.1) is 0 Å². The molecule has 0 saturated heterocycles. The van der Waals surface area contributed by atoms with Crippen LogP contribution in [0.3, 0.4) is 0 Å². The van der Waals surface area contributed by atoms with Gasteiger partial charge in [0.15, 0.2) is 12.1 Å². The molecule has 16 heavy (non-hydrogen) atoms. The highest BCUT2D eigenvalue weighted by Crippen LogP contribution is 2.35. The van der Waals surface area contributed by atoms with Gasteiger partial charge < -0.3 is 9.47 Å². The number of ketones is 1. The lowest BCUT2D eigenvalue weighted by molar-refractivity contribution is -0.146. The standard InChI is InChI=1S/C13H22O3/c1-8(2)10-7-12(14)9(3)6-11(10)13(15-4)16-5/h6,8,10-11,13H,7H2,1-5H3/t10-,11+/m1/s1. The first-order chi connectivity index (χ1) is 7.51. The first-order valence-electron chi connectivity index (χ1n) is 5.78. The molecule has 0 amide bonds. The third kappa shape index (κ3) is 2.71. The number of carbonyl (C=O) groups is 1. The van der Waals surface area contributed by atoms with E-state index in [1.807, 2.05) is 13.0 Å². The van der Waals surface area contributed by atoms with Crippen LogP contribution in [0.15, 0.2) is 11.6 Å². The zero-order chi connectivity index (χ0) is 12.3. The van der Waals surface area contributed by atoms with E-state index in [2.05, 4.69) is 13.8 Å². The second-order valence-corrected chi connectivity index (χ2v) is 4.80. The fraction of sp³-hybridized carbons (Fsp3) is 0.769. The molecule has 0 heterocycles. The number of allylic oxidation sites excluding steroid dienone is 1. The average molecular weight is 226 g/mol. The Hall–Kier alpha value is -0.670. The van der Waals surface area contributed by atoms with Gasteiger partial charge in [0, 0.05) is 26.6 Å². The maximum absolute atomic E-state index is 11.7.